The number of carbonyl (C=O) groups is 2. The van der Waals surface area contributed by atoms with Crippen LogP contribution in [0.5, 0.6) is 0 Å². The Morgan fingerprint density at radius 2 is 1.86 bits per heavy atom. The Bertz CT molecular complexity index is 557. The summed E-state index contributed by atoms with van der Waals surface area (Å²) in [6, 6.07) is 2.13. The van der Waals surface area contributed by atoms with E-state index < -0.39 is 23.6 Å². The van der Waals surface area contributed by atoms with Gasteiger partial charge in [-0.1, -0.05) is 19.3 Å². The second-order valence-electron chi connectivity index (χ2n) is 5.68. The van der Waals surface area contributed by atoms with Crippen molar-refractivity contribution in [3.8, 4) is 0 Å². The fourth-order valence-corrected chi connectivity index (χ4v) is 2.59. The average molecular weight is 310 g/mol. The van der Waals surface area contributed by atoms with Crippen molar-refractivity contribution < 1.29 is 18.4 Å². The molecule has 1 fully saturated rings. The Morgan fingerprint density at radius 1 is 1.18 bits per heavy atom. The highest BCUT2D eigenvalue weighted by atomic mass is 19.1. The van der Waals surface area contributed by atoms with Crippen LogP contribution in [0.3, 0.4) is 0 Å². The summed E-state index contributed by atoms with van der Waals surface area (Å²) in [7, 11) is 0. The first kappa shape index (κ1) is 16.4. The largest absolute Gasteiger partial charge is 0.344 e. The maximum absolute atomic E-state index is 13.5. The number of anilines is 1. The maximum atomic E-state index is 13.5. The highest BCUT2D eigenvalue weighted by Gasteiger charge is 2.24. The molecule has 0 spiro atoms. The van der Waals surface area contributed by atoms with Crippen molar-refractivity contribution in [2.24, 2.45) is 5.92 Å². The molecule has 1 atom stereocenters. The van der Waals surface area contributed by atoms with Crippen molar-refractivity contribution in [2.75, 3.05) is 5.32 Å². The molecule has 0 aliphatic heterocycles. The molecular formula is C16H20F2N2O2. The van der Waals surface area contributed by atoms with Crippen LogP contribution < -0.4 is 10.6 Å². The molecular weight excluding hydrogens is 290 g/mol. The smallest absolute Gasteiger partial charge is 0.246 e. The van der Waals surface area contributed by atoms with E-state index in [1.807, 2.05) is 0 Å². The second kappa shape index (κ2) is 7.33. The van der Waals surface area contributed by atoms with Gasteiger partial charge in [-0.15, -0.1) is 0 Å². The quantitative estimate of drug-likeness (QED) is 0.898. The molecule has 1 unspecified atom stereocenters. The highest BCUT2D eigenvalue weighted by Crippen LogP contribution is 2.23. The Morgan fingerprint density at radius 3 is 2.50 bits per heavy atom. The molecule has 1 aromatic rings. The predicted octanol–water partition coefficient (Wildman–Crippen LogP) is 2.99. The number of amides is 2. The Hall–Kier alpha value is -1.98. The van der Waals surface area contributed by atoms with Crippen LogP contribution in [0.15, 0.2) is 18.2 Å². The lowest BCUT2D eigenvalue weighted by atomic mass is 9.88. The zero-order valence-electron chi connectivity index (χ0n) is 12.5. The van der Waals surface area contributed by atoms with E-state index in [1.54, 1.807) is 0 Å². The molecule has 0 saturated heterocycles. The molecule has 0 aromatic heterocycles. The van der Waals surface area contributed by atoms with Crippen LogP contribution in [0.25, 0.3) is 0 Å². The molecule has 2 rings (SSSR count). The van der Waals surface area contributed by atoms with Crippen LogP contribution in [0.2, 0.25) is 0 Å². The van der Waals surface area contributed by atoms with E-state index in [4.69, 9.17) is 0 Å². The Balaban J connectivity index is 1.89. The van der Waals surface area contributed by atoms with E-state index in [-0.39, 0.29) is 17.5 Å². The number of halogens is 2. The lowest BCUT2D eigenvalue weighted by Gasteiger charge is -2.23. The number of nitrogens with one attached hydrogen (secondary N) is 2. The molecule has 4 nitrogen and oxygen atoms in total. The lowest BCUT2D eigenvalue weighted by molar-refractivity contribution is -0.129. The van der Waals surface area contributed by atoms with Gasteiger partial charge in [-0.2, -0.15) is 0 Å². The van der Waals surface area contributed by atoms with E-state index in [2.05, 4.69) is 10.6 Å². The van der Waals surface area contributed by atoms with E-state index in [0.29, 0.717) is 6.07 Å². The van der Waals surface area contributed by atoms with Gasteiger partial charge in [0.15, 0.2) is 0 Å². The summed E-state index contributed by atoms with van der Waals surface area (Å²) in [5, 5.41) is 5.00. The van der Waals surface area contributed by atoms with E-state index in [0.717, 1.165) is 44.2 Å². The van der Waals surface area contributed by atoms with Crippen LogP contribution >= 0.6 is 0 Å². The molecule has 0 radical (unpaired) electrons. The van der Waals surface area contributed by atoms with Crippen LogP contribution in [-0.4, -0.2) is 17.9 Å². The molecule has 22 heavy (non-hydrogen) atoms. The van der Waals surface area contributed by atoms with Crippen molar-refractivity contribution in [1.29, 1.82) is 0 Å². The van der Waals surface area contributed by atoms with Gasteiger partial charge in [0, 0.05) is 12.0 Å². The molecule has 0 heterocycles. The number of rotatable bonds is 4. The second-order valence-corrected chi connectivity index (χ2v) is 5.68. The minimum absolute atomic E-state index is 0.0495. The number of carbonyl (C=O) groups excluding carboxylic acids is 2. The normalized spacial score (nSPS) is 16.9. The van der Waals surface area contributed by atoms with Crippen molar-refractivity contribution >= 4 is 17.5 Å². The third-order valence-electron chi connectivity index (χ3n) is 3.92. The summed E-state index contributed by atoms with van der Waals surface area (Å²) < 4.78 is 26.3. The van der Waals surface area contributed by atoms with Gasteiger partial charge in [0.1, 0.15) is 17.7 Å². The molecule has 1 aromatic carbocycles. The number of hydrogen-bond acceptors (Lipinski definition) is 2. The molecule has 120 valence electrons. The third kappa shape index (κ3) is 4.26. The SMILES string of the molecule is CC(NC(=O)C1CCCCC1)C(=O)Nc1ccc(F)cc1F. The van der Waals surface area contributed by atoms with Crippen molar-refractivity contribution in [3.63, 3.8) is 0 Å². The molecule has 6 heteroatoms. The zero-order valence-corrected chi connectivity index (χ0v) is 12.5. The minimum Gasteiger partial charge on any atom is -0.344 e. The number of benzene rings is 1. The first-order valence-electron chi connectivity index (χ1n) is 7.53. The molecule has 2 N–H and O–H groups in total. The van der Waals surface area contributed by atoms with Gasteiger partial charge >= 0.3 is 0 Å². The van der Waals surface area contributed by atoms with Gasteiger partial charge in [0.05, 0.1) is 5.69 Å². The summed E-state index contributed by atoms with van der Waals surface area (Å²) in [4.78, 5) is 24.0. The van der Waals surface area contributed by atoms with Crippen LogP contribution in [0.4, 0.5) is 14.5 Å². The first-order valence-corrected chi connectivity index (χ1v) is 7.53. The summed E-state index contributed by atoms with van der Waals surface area (Å²) in [5.41, 5.74) is -0.106. The maximum Gasteiger partial charge on any atom is 0.246 e. The van der Waals surface area contributed by atoms with Crippen LogP contribution in [-0.2, 0) is 9.59 Å². The van der Waals surface area contributed by atoms with E-state index in [1.165, 1.54) is 6.92 Å². The van der Waals surface area contributed by atoms with Crippen LogP contribution in [0.1, 0.15) is 39.0 Å². The van der Waals surface area contributed by atoms with E-state index >= 15 is 0 Å². The molecule has 1 aliphatic carbocycles. The zero-order chi connectivity index (χ0) is 16.1. The Labute approximate surface area is 128 Å². The summed E-state index contributed by atoms with van der Waals surface area (Å²) in [6.07, 6.45) is 4.88. The van der Waals surface area contributed by atoms with Gasteiger partial charge in [0.2, 0.25) is 11.8 Å². The Kier molecular flexibility index (Phi) is 5.46. The average Bonchev–Trinajstić information content (AvgIpc) is 2.50. The molecule has 1 aliphatic rings. The van der Waals surface area contributed by atoms with Crippen molar-refractivity contribution in [3.05, 3.63) is 29.8 Å². The van der Waals surface area contributed by atoms with Gasteiger partial charge in [-0.05, 0) is 31.9 Å². The van der Waals surface area contributed by atoms with Crippen LogP contribution in [0, 0.1) is 17.6 Å². The van der Waals surface area contributed by atoms with Gasteiger partial charge in [-0.3, -0.25) is 9.59 Å². The highest BCUT2D eigenvalue weighted by molar-refractivity contribution is 5.97. The fraction of sp³-hybridized carbons (Fsp3) is 0.500. The monoisotopic (exact) mass is 310 g/mol. The topological polar surface area (TPSA) is 58.2 Å². The minimum atomic E-state index is -0.848. The van der Waals surface area contributed by atoms with Crippen molar-refractivity contribution in [1.82, 2.24) is 5.32 Å². The predicted molar refractivity (Wildman–Crippen MR) is 79.2 cm³/mol. The van der Waals surface area contributed by atoms with Gasteiger partial charge < -0.3 is 10.6 Å². The summed E-state index contributed by atoms with van der Waals surface area (Å²) in [6.45, 7) is 1.54. The molecule has 0 bridgehead atoms. The number of hydrogen-bond donors (Lipinski definition) is 2. The summed E-state index contributed by atoms with van der Waals surface area (Å²) >= 11 is 0. The molecule has 1 saturated carbocycles. The third-order valence-corrected chi connectivity index (χ3v) is 3.92. The summed E-state index contributed by atoms with van der Waals surface area (Å²) in [5.74, 6) is -2.28. The lowest BCUT2D eigenvalue weighted by Crippen LogP contribution is -2.44. The molecule has 2 amide bonds. The van der Waals surface area contributed by atoms with E-state index in [9.17, 15) is 18.4 Å². The van der Waals surface area contributed by atoms with Gasteiger partial charge in [0.25, 0.3) is 0 Å². The van der Waals surface area contributed by atoms with Crippen molar-refractivity contribution in [2.45, 2.75) is 45.1 Å². The van der Waals surface area contributed by atoms with Gasteiger partial charge in [-0.25, -0.2) is 8.78 Å². The fourth-order valence-electron chi connectivity index (χ4n) is 2.59. The standard InChI is InChI=1S/C16H20F2N2O2/c1-10(19-16(22)11-5-3-2-4-6-11)15(21)20-14-8-7-12(17)9-13(14)18/h7-11H,2-6H2,1H3,(H,19,22)(H,20,21). The first-order chi connectivity index (χ1) is 10.5.